The number of ether oxygens (including phenoxy) is 1. The second kappa shape index (κ2) is 7.08. The van der Waals surface area contributed by atoms with E-state index in [1.165, 1.54) is 17.0 Å². The zero-order valence-electron chi connectivity index (χ0n) is 12.5. The van der Waals surface area contributed by atoms with Gasteiger partial charge in [-0.3, -0.25) is 4.79 Å². The molecule has 2 rings (SSSR count). The van der Waals surface area contributed by atoms with Crippen molar-refractivity contribution >= 4 is 23.7 Å². The zero-order valence-corrected chi connectivity index (χ0v) is 12.5. The fraction of sp³-hybridized carbons (Fsp3) is 0.400. The summed E-state index contributed by atoms with van der Waals surface area (Å²) in [6.45, 7) is 0.650. The monoisotopic (exact) mass is 324 g/mol. The maximum Gasteiger partial charge on any atom is 0.340 e. The molecule has 7 nitrogen and oxygen atoms in total. The molecule has 0 unspecified atom stereocenters. The smallest absolute Gasteiger partial charge is 0.340 e. The molecule has 0 atom stereocenters. The van der Waals surface area contributed by atoms with Gasteiger partial charge in [-0.1, -0.05) is 0 Å². The maximum atomic E-state index is 13.8. The fourth-order valence-electron chi connectivity index (χ4n) is 2.40. The molecule has 124 valence electrons. The fourth-order valence-corrected chi connectivity index (χ4v) is 2.40. The van der Waals surface area contributed by atoms with Crippen molar-refractivity contribution in [2.45, 2.75) is 12.8 Å². The van der Waals surface area contributed by atoms with Crippen LogP contribution in [0.25, 0.3) is 0 Å². The highest BCUT2D eigenvalue weighted by Gasteiger charge is 2.27. The van der Waals surface area contributed by atoms with E-state index in [1.807, 2.05) is 0 Å². The number of urea groups is 1. The van der Waals surface area contributed by atoms with Gasteiger partial charge in [0.1, 0.15) is 5.82 Å². The number of aliphatic carboxylic acids is 1. The van der Waals surface area contributed by atoms with Crippen molar-refractivity contribution < 1.29 is 28.6 Å². The van der Waals surface area contributed by atoms with Gasteiger partial charge in [-0.2, -0.15) is 0 Å². The van der Waals surface area contributed by atoms with E-state index in [4.69, 9.17) is 5.11 Å². The Kier molecular flexibility index (Phi) is 5.15. The first-order valence-electron chi connectivity index (χ1n) is 7.09. The summed E-state index contributed by atoms with van der Waals surface area (Å²) < 4.78 is 18.2. The number of hydrogen-bond donors (Lipinski definition) is 2. The van der Waals surface area contributed by atoms with Crippen molar-refractivity contribution in [3.8, 4) is 0 Å². The van der Waals surface area contributed by atoms with Crippen LogP contribution in [0.15, 0.2) is 18.2 Å². The second-order valence-corrected chi connectivity index (χ2v) is 5.22. The molecule has 0 saturated carbocycles. The maximum absolute atomic E-state index is 13.8. The minimum Gasteiger partial charge on any atom is -0.481 e. The topological polar surface area (TPSA) is 95.9 Å². The van der Waals surface area contributed by atoms with Crippen LogP contribution in [0.3, 0.4) is 0 Å². The molecule has 0 aliphatic carbocycles. The number of methoxy groups -OCH3 is 1. The highest BCUT2D eigenvalue weighted by Crippen LogP contribution is 2.20. The van der Waals surface area contributed by atoms with Crippen molar-refractivity contribution in [2.75, 3.05) is 25.5 Å². The van der Waals surface area contributed by atoms with Crippen LogP contribution in [0.5, 0.6) is 0 Å². The predicted octanol–water partition coefficient (Wildman–Crippen LogP) is 1.94. The van der Waals surface area contributed by atoms with E-state index in [2.05, 4.69) is 10.1 Å². The molecule has 0 aromatic heterocycles. The minimum absolute atomic E-state index is 0.209. The number of piperidine rings is 1. The number of benzene rings is 1. The molecule has 1 aliphatic heterocycles. The second-order valence-electron chi connectivity index (χ2n) is 5.22. The first kappa shape index (κ1) is 16.7. The summed E-state index contributed by atoms with van der Waals surface area (Å²) in [5.41, 5.74) is -0.00622. The van der Waals surface area contributed by atoms with E-state index in [-0.39, 0.29) is 11.3 Å². The quantitative estimate of drug-likeness (QED) is 0.828. The summed E-state index contributed by atoms with van der Waals surface area (Å²) in [5.74, 6) is -2.88. The number of hydrogen-bond acceptors (Lipinski definition) is 4. The number of halogens is 1. The lowest BCUT2D eigenvalue weighted by atomic mass is 9.97. The van der Waals surface area contributed by atoms with Crippen molar-refractivity contribution in [3.05, 3.63) is 29.6 Å². The van der Waals surface area contributed by atoms with Crippen molar-refractivity contribution in [1.82, 2.24) is 4.90 Å². The summed E-state index contributed by atoms with van der Waals surface area (Å²) in [7, 11) is 1.15. The van der Waals surface area contributed by atoms with Gasteiger partial charge in [0, 0.05) is 18.8 Å². The molecular formula is C15H17FN2O5. The highest BCUT2D eigenvalue weighted by atomic mass is 19.1. The van der Waals surface area contributed by atoms with Gasteiger partial charge < -0.3 is 20.1 Å². The van der Waals surface area contributed by atoms with Gasteiger partial charge in [-0.05, 0) is 31.0 Å². The number of anilines is 1. The minimum atomic E-state index is -0.856. The number of rotatable bonds is 3. The van der Waals surface area contributed by atoms with Gasteiger partial charge in [-0.15, -0.1) is 0 Å². The van der Waals surface area contributed by atoms with Crippen LogP contribution in [0.4, 0.5) is 14.9 Å². The Labute approximate surface area is 132 Å². The molecule has 1 heterocycles. The Morgan fingerprint density at radius 3 is 2.48 bits per heavy atom. The molecule has 0 radical (unpaired) electrons. The number of nitrogens with one attached hydrogen (secondary N) is 1. The molecule has 0 spiro atoms. The standard InChI is InChI=1S/C15H17FN2O5/c1-23-14(21)11-3-2-10(8-12(11)16)17-15(22)18-6-4-9(5-7-18)13(19)20/h2-3,8-9H,4-7H2,1H3,(H,17,22)(H,19,20). The number of carbonyl (C=O) groups is 3. The SMILES string of the molecule is COC(=O)c1ccc(NC(=O)N2CCC(C(=O)O)CC2)cc1F. The molecule has 1 fully saturated rings. The number of nitrogens with zero attached hydrogens (tertiary/aromatic N) is 1. The molecule has 1 aromatic carbocycles. The van der Waals surface area contributed by atoms with E-state index in [0.29, 0.717) is 25.9 Å². The van der Waals surface area contributed by atoms with Crippen LogP contribution in [0.2, 0.25) is 0 Å². The first-order chi connectivity index (χ1) is 10.9. The van der Waals surface area contributed by atoms with Crippen LogP contribution in [-0.4, -0.2) is 48.2 Å². The predicted molar refractivity (Wildman–Crippen MR) is 78.7 cm³/mol. The van der Waals surface area contributed by atoms with E-state index in [9.17, 15) is 18.8 Å². The van der Waals surface area contributed by atoms with Gasteiger partial charge in [0.15, 0.2) is 0 Å². The Morgan fingerprint density at radius 2 is 1.96 bits per heavy atom. The van der Waals surface area contributed by atoms with Gasteiger partial charge in [0.25, 0.3) is 0 Å². The number of esters is 1. The molecular weight excluding hydrogens is 307 g/mol. The molecule has 2 amide bonds. The van der Waals surface area contributed by atoms with Crippen LogP contribution >= 0.6 is 0 Å². The molecule has 1 aromatic rings. The Morgan fingerprint density at radius 1 is 1.30 bits per heavy atom. The zero-order chi connectivity index (χ0) is 17.0. The Bertz CT molecular complexity index is 626. The molecule has 1 aliphatic rings. The van der Waals surface area contributed by atoms with E-state index < -0.39 is 29.7 Å². The van der Waals surface area contributed by atoms with Gasteiger partial charge >= 0.3 is 18.0 Å². The number of carboxylic acid groups (broad SMARTS) is 1. The third-order valence-electron chi connectivity index (χ3n) is 3.76. The van der Waals surface area contributed by atoms with Crippen LogP contribution in [-0.2, 0) is 9.53 Å². The average molecular weight is 324 g/mol. The third kappa shape index (κ3) is 3.97. The third-order valence-corrected chi connectivity index (χ3v) is 3.76. The van der Waals surface area contributed by atoms with E-state index >= 15 is 0 Å². The molecule has 0 bridgehead atoms. The molecule has 8 heteroatoms. The van der Waals surface area contributed by atoms with Crippen LogP contribution < -0.4 is 5.32 Å². The van der Waals surface area contributed by atoms with Gasteiger partial charge in [0.05, 0.1) is 18.6 Å². The lowest BCUT2D eigenvalue weighted by molar-refractivity contribution is -0.143. The van der Waals surface area contributed by atoms with Crippen LogP contribution in [0.1, 0.15) is 23.2 Å². The van der Waals surface area contributed by atoms with Gasteiger partial charge in [-0.25, -0.2) is 14.0 Å². The van der Waals surface area contributed by atoms with Crippen molar-refractivity contribution in [3.63, 3.8) is 0 Å². The summed E-state index contributed by atoms with van der Waals surface area (Å²) >= 11 is 0. The summed E-state index contributed by atoms with van der Waals surface area (Å²) in [6, 6.07) is 3.23. The summed E-state index contributed by atoms with van der Waals surface area (Å²) in [6.07, 6.45) is 0.775. The molecule has 2 N–H and O–H groups in total. The molecule has 1 saturated heterocycles. The summed E-state index contributed by atoms with van der Waals surface area (Å²) in [4.78, 5) is 35.7. The number of carbonyl (C=O) groups excluding carboxylic acids is 2. The van der Waals surface area contributed by atoms with E-state index in [1.54, 1.807) is 0 Å². The Balaban J connectivity index is 1.97. The van der Waals surface area contributed by atoms with Gasteiger partial charge in [0.2, 0.25) is 0 Å². The lowest BCUT2D eigenvalue weighted by Gasteiger charge is -2.30. The largest absolute Gasteiger partial charge is 0.481 e. The van der Waals surface area contributed by atoms with E-state index in [0.717, 1.165) is 13.2 Å². The first-order valence-corrected chi connectivity index (χ1v) is 7.09. The number of likely N-dealkylation sites (tertiary alicyclic amines) is 1. The normalized spacial score (nSPS) is 15.1. The lowest BCUT2D eigenvalue weighted by Crippen LogP contribution is -2.42. The molecule has 23 heavy (non-hydrogen) atoms. The number of amides is 2. The Hall–Kier alpha value is -2.64. The highest BCUT2D eigenvalue weighted by molar-refractivity contribution is 5.92. The van der Waals surface area contributed by atoms with Crippen molar-refractivity contribution in [2.24, 2.45) is 5.92 Å². The number of carboxylic acids is 1. The van der Waals surface area contributed by atoms with Crippen molar-refractivity contribution in [1.29, 1.82) is 0 Å². The average Bonchev–Trinajstić information content (AvgIpc) is 2.54. The van der Waals surface area contributed by atoms with Crippen LogP contribution in [0, 0.1) is 11.7 Å². The summed E-state index contributed by atoms with van der Waals surface area (Å²) in [5, 5.41) is 11.4.